The fraction of sp³-hybridized carbons (Fsp3) is 0.679. The predicted molar refractivity (Wildman–Crippen MR) is 137 cm³/mol. The maximum absolute atomic E-state index is 13.2. The molecule has 1 amide bonds. The van der Waals surface area contributed by atoms with Gasteiger partial charge in [0.2, 0.25) is 12.2 Å². The molecule has 0 radical (unpaired) electrons. The second-order valence-electron chi connectivity index (χ2n) is 10.7. The first-order valence-electron chi connectivity index (χ1n) is 13.2. The van der Waals surface area contributed by atoms with Crippen LogP contribution in [0.4, 0.5) is 0 Å². The van der Waals surface area contributed by atoms with E-state index in [0.29, 0.717) is 11.3 Å². The largest absolute Gasteiger partial charge is 0.465 e. The molecule has 4 unspecified atom stereocenters. The van der Waals surface area contributed by atoms with E-state index < -0.39 is 36.7 Å². The smallest absolute Gasteiger partial charge is 0.302 e. The minimum absolute atomic E-state index is 0.00896. The Labute approximate surface area is 224 Å². The van der Waals surface area contributed by atoms with E-state index in [1.807, 2.05) is 27.7 Å². The molecule has 10 atom stereocenters. The van der Waals surface area contributed by atoms with Crippen molar-refractivity contribution >= 4 is 17.7 Å². The van der Waals surface area contributed by atoms with Crippen molar-refractivity contribution in [2.75, 3.05) is 13.2 Å². The highest BCUT2D eigenvalue weighted by molar-refractivity contribution is 5.96. The lowest BCUT2D eigenvalue weighted by Gasteiger charge is -2.44. The zero-order chi connectivity index (χ0) is 28.1. The number of aliphatic hydroxyl groups excluding tert-OH is 2. The fourth-order valence-corrected chi connectivity index (χ4v) is 5.24. The van der Waals surface area contributed by atoms with Crippen molar-refractivity contribution in [3.63, 3.8) is 0 Å². The molecule has 0 aromatic heterocycles. The van der Waals surface area contributed by atoms with Gasteiger partial charge in [-0.25, -0.2) is 0 Å². The number of ether oxygens (including phenoxy) is 4. The van der Waals surface area contributed by atoms with Crippen molar-refractivity contribution in [3.8, 4) is 5.75 Å². The number of carbonyl (C=O) groups is 3. The molecule has 3 rings (SSSR count). The van der Waals surface area contributed by atoms with Gasteiger partial charge in [0.05, 0.1) is 37.1 Å². The Bertz CT molecular complexity index is 964. The number of esters is 1. The van der Waals surface area contributed by atoms with Gasteiger partial charge in [0.15, 0.2) is 5.78 Å². The van der Waals surface area contributed by atoms with Crippen LogP contribution in [0.3, 0.4) is 0 Å². The lowest BCUT2D eigenvalue weighted by Crippen LogP contribution is -2.58. The fourth-order valence-electron chi connectivity index (χ4n) is 5.24. The number of aliphatic hydroxyl groups is 2. The van der Waals surface area contributed by atoms with Crippen LogP contribution >= 0.6 is 0 Å². The zero-order valence-electron chi connectivity index (χ0n) is 23.0. The van der Waals surface area contributed by atoms with Gasteiger partial charge >= 0.3 is 5.97 Å². The van der Waals surface area contributed by atoms with Crippen molar-refractivity contribution < 1.29 is 43.5 Å². The Morgan fingerprint density at radius 2 is 1.55 bits per heavy atom. The van der Waals surface area contributed by atoms with Crippen molar-refractivity contribution in [1.29, 1.82) is 0 Å². The first-order chi connectivity index (χ1) is 17.9. The Balaban J connectivity index is 1.69. The molecule has 0 bridgehead atoms. The summed E-state index contributed by atoms with van der Waals surface area (Å²) in [5.41, 5.74) is 0.449. The van der Waals surface area contributed by atoms with Crippen LogP contribution in [0.15, 0.2) is 24.3 Å². The second-order valence-corrected chi connectivity index (χ2v) is 10.7. The average Bonchev–Trinajstić information content (AvgIpc) is 2.87. The van der Waals surface area contributed by atoms with E-state index in [0.717, 1.165) is 0 Å². The monoisotopic (exact) mass is 535 g/mol. The molecule has 0 saturated carbocycles. The number of carbonyl (C=O) groups excluding carboxylic acids is 3. The van der Waals surface area contributed by atoms with Crippen molar-refractivity contribution in [3.05, 3.63) is 29.8 Å². The standard InChI is InChI=1S/C28H41NO9/c1-14-15(2)26(29-18(5)31)23(37-25(14)13-35-19(6)32)11-22(33)20-7-9-21(10-8-20)36-28-17(4)27(34)16(3)24(12-30)38-28/h7-10,14-17,23-28,30,34H,11-13H2,1-6H3,(H,29,31)/t14-,15-,16+,17?,23-,24?,25?,26?,27-,28+/m0/s1. The van der Waals surface area contributed by atoms with Crippen molar-refractivity contribution in [2.45, 2.75) is 84.7 Å². The first-order valence-corrected chi connectivity index (χ1v) is 13.2. The molecule has 10 heteroatoms. The second kappa shape index (κ2) is 13.0. The Kier molecular flexibility index (Phi) is 10.3. The van der Waals surface area contributed by atoms with E-state index in [9.17, 15) is 24.6 Å². The van der Waals surface area contributed by atoms with Gasteiger partial charge in [-0.15, -0.1) is 0 Å². The number of rotatable bonds is 9. The number of nitrogens with one attached hydrogen (secondary N) is 1. The molecular formula is C28H41NO9. The molecule has 0 aliphatic carbocycles. The summed E-state index contributed by atoms with van der Waals surface area (Å²) in [6.07, 6.45) is -2.92. The summed E-state index contributed by atoms with van der Waals surface area (Å²) in [6.45, 7) is 10.2. The van der Waals surface area contributed by atoms with Gasteiger partial charge in [-0.2, -0.15) is 0 Å². The van der Waals surface area contributed by atoms with Crippen LogP contribution in [-0.2, 0) is 23.8 Å². The zero-order valence-corrected chi connectivity index (χ0v) is 23.0. The summed E-state index contributed by atoms with van der Waals surface area (Å²) < 4.78 is 23.1. The number of hydrogen-bond acceptors (Lipinski definition) is 9. The molecule has 212 valence electrons. The number of Topliss-reactive ketones (excluding diaryl/α,β-unsaturated/α-hetero) is 1. The first kappa shape index (κ1) is 30.0. The van der Waals surface area contributed by atoms with Gasteiger partial charge in [-0.05, 0) is 36.1 Å². The molecule has 2 saturated heterocycles. The van der Waals surface area contributed by atoms with Crippen LogP contribution in [-0.4, -0.2) is 77.8 Å². The van der Waals surface area contributed by atoms with Crippen molar-refractivity contribution in [2.24, 2.45) is 23.7 Å². The lowest BCUT2D eigenvalue weighted by molar-refractivity contribution is -0.236. The summed E-state index contributed by atoms with van der Waals surface area (Å²) in [4.78, 5) is 36.4. The van der Waals surface area contributed by atoms with Crippen LogP contribution in [0, 0.1) is 23.7 Å². The third-order valence-corrected chi connectivity index (χ3v) is 7.95. The van der Waals surface area contributed by atoms with Crippen LogP contribution in [0.1, 0.15) is 58.3 Å². The molecule has 1 aromatic carbocycles. The molecular weight excluding hydrogens is 494 g/mol. The minimum atomic E-state index is -0.744. The van der Waals surface area contributed by atoms with Crippen LogP contribution in [0.5, 0.6) is 5.75 Å². The van der Waals surface area contributed by atoms with E-state index >= 15 is 0 Å². The maximum atomic E-state index is 13.2. The highest BCUT2D eigenvalue weighted by Crippen LogP contribution is 2.34. The summed E-state index contributed by atoms with van der Waals surface area (Å²) in [7, 11) is 0. The molecule has 10 nitrogen and oxygen atoms in total. The Morgan fingerprint density at radius 1 is 0.895 bits per heavy atom. The van der Waals surface area contributed by atoms with Gasteiger partial charge in [-0.3, -0.25) is 14.4 Å². The van der Waals surface area contributed by atoms with Gasteiger partial charge < -0.3 is 34.5 Å². The van der Waals surface area contributed by atoms with Crippen molar-refractivity contribution in [1.82, 2.24) is 5.32 Å². The number of amides is 1. The van der Waals surface area contributed by atoms with E-state index in [2.05, 4.69) is 5.32 Å². The quantitative estimate of drug-likeness (QED) is 0.320. The molecule has 2 heterocycles. The maximum Gasteiger partial charge on any atom is 0.302 e. The van der Waals surface area contributed by atoms with E-state index in [1.165, 1.54) is 13.8 Å². The van der Waals surface area contributed by atoms with Gasteiger partial charge in [-0.1, -0.05) is 27.7 Å². The minimum Gasteiger partial charge on any atom is -0.465 e. The van der Waals surface area contributed by atoms with Gasteiger partial charge in [0.25, 0.3) is 0 Å². The number of benzene rings is 1. The molecule has 3 N–H and O–H groups in total. The predicted octanol–water partition coefficient (Wildman–Crippen LogP) is 2.10. The molecule has 2 fully saturated rings. The Hall–Kier alpha value is -2.53. The molecule has 2 aliphatic rings. The van der Waals surface area contributed by atoms with Gasteiger partial charge in [0, 0.05) is 37.7 Å². The summed E-state index contributed by atoms with van der Waals surface area (Å²) in [5, 5.41) is 23.0. The van der Waals surface area contributed by atoms with E-state index in [4.69, 9.17) is 18.9 Å². The Morgan fingerprint density at radius 3 is 2.13 bits per heavy atom. The van der Waals surface area contributed by atoms with E-state index in [1.54, 1.807) is 24.3 Å². The summed E-state index contributed by atoms with van der Waals surface area (Å²) in [6, 6.07) is 6.23. The molecule has 38 heavy (non-hydrogen) atoms. The third kappa shape index (κ3) is 7.11. The summed E-state index contributed by atoms with van der Waals surface area (Å²) in [5.74, 6) is -0.883. The lowest BCUT2D eigenvalue weighted by atomic mass is 9.78. The topological polar surface area (TPSA) is 141 Å². The van der Waals surface area contributed by atoms with E-state index in [-0.39, 0.29) is 61.0 Å². The number of ketones is 1. The highest BCUT2D eigenvalue weighted by atomic mass is 16.7. The molecule has 0 spiro atoms. The van der Waals surface area contributed by atoms with Crippen LogP contribution in [0.2, 0.25) is 0 Å². The molecule has 2 aliphatic heterocycles. The van der Waals surface area contributed by atoms with Crippen LogP contribution in [0.25, 0.3) is 0 Å². The van der Waals surface area contributed by atoms with Crippen LogP contribution < -0.4 is 10.1 Å². The van der Waals surface area contributed by atoms with Gasteiger partial charge in [0.1, 0.15) is 12.4 Å². The number of hydrogen-bond donors (Lipinski definition) is 3. The average molecular weight is 536 g/mol. The summed E-state index contributed by atoms with van der Waals surface area (Å²) >= 11 is 0. The normalized spacial score (nSPS) is 35.3. The highest BCUT2D eigenvalue weighted by Gasteiger charge is 2.43. The molecule has 1 aromatic rings. The third-order valence-electron chi connectivity index (χ3n) is 7.95. The SMILES string of the molecule is CC(=O)NC1[C@H](CC(=O)c2ccc(O[C@@H]3OC(CO)[C@@H](C)[C@H](O)C3C)cc2)OC(COC(C)=O)[C@@H](C)[C@@H]1C.